The quantitative estimate of drug-likeness (QED) is 0.106. The third kappa shape index (κ3) is 17.0. The number of allylic oxidation sites excluding steroid dienone is 5. The lowest BCUT2D eigenvalue weighted by Crippen LogP contribution is -2.60. The summed E-state index contributed by atoms with van der Waals surface area (Å²) in [6.45, 7) is 19.8. The highest BCUT2D eigenvalue weighted by molar-refractivity contribution is 9.11. The molecule has 0 aromatic carbocycles. The predicted molar refractivity (Wildman–Crippen MR) is 199 cm³/mol. The van der Waals surface area contributed by atoms with Crippen molar-refractivity contribution in [2.75, 3.05) is 45.2 Å². The lowest BCUT2D eigenvalue weighted by molar-refractivity contribution is 0.0668. The van der Waals surface area contributed by atoms with Crippen molar-refractivity contribution < 1.29 is 13.9 Å². The molecule has 0 radical (unpaired) electrons. The van der Waals surface area contributed by atoms with Crippen molar-refractivity contribution in [2.45, 2.75) is 93.0 Å². The van der Waals surface area contributed by atoms with E-state index in [4.69, 9.17) is 26.8 Å². The lowest BCUT2D eigenvalue weighted by Gasteiger charge is -2.47. The van der Waals surface area contributed by atoms with Gasteiger partial charge in [-0.1, -0.05) is 60.8 Å². The molecule has 0 aliphatic carbocycles. The summed E-state index contributed by atoms with van der Waals surface area (Å²) < 4.78 is 26.6. The standard InChI is InChI=1S/C30H49ClFN5O2.C4H7Br.C2H2/c1-8-12-30(33)19-37(18-21(2)3)13-11-25(30)10-9-14-39-23(5)16-28-26(15-22(4)38-7)29(36-20-35-28)34-17-27(32)24(6)31;1-3-4(2)5;1-2/h15-16,20-21,25H,8-14,17-19,33H2,1-7H3,(H,34,35,36);3H,1-2H3;1-2H/b22-15+,23-16+,27-24-;4-3+;. The molecule has 1 aromatic rings. The average Bonchev–Trinajstić information content (AvgIpc) is 3.00. The van der Waals surface area contributed by atoms with E-state index in [1.54, 1.807) is 7.11 Å². The maximum Gasteiger partial charge on any atom is 0.137 e. The van der Waals surface area contributed by atoms with Gasteiger partial charge in [0.1, 0.15) is 18.0 Å². The Kier molecular flexibility index (Phi) is 22.6. The maximum absolute atomic E-state index is 14.0. The van der Waals surface area contributed by atoms with Crippen molar-refractivity contribution in [3.63, 3.8) is 0 Å². The van der Waals surface area contributed by atoms with Crippen LogP contribution in [0.4, 0.5) is 10.2 Å². The van der Waals surface area contributed by atoms with Crippen LogP contribution in [0.15, 0.2) is 39.3 Å². The van der Waals surface area contributed by atoms with Crippen molar-refractivity contribution in [3.05, 3.63) is 50.5 Å². The molecule has 2 unspecified atom stereocenters. The van der Waals surface area contributed by atoms with Crippen LogP contribution in [-0.2, 0) is 9.47 Å². The first-order chi connectivity index (χ1) is 21.8. The first-order valence-corrected chi connectivity index (χ1v) is 17.2. The number of nitrogens with two attached hydrogens (primary N) is 1. The molecule has 0 saturated carbocycles. The molecule has 2 heterocycles. The Hall–Kier alpha value is -2.38. The summed E-state index contributed by atoms with van der Waals surface area (Å²) in [7, 11) is 1.59. The van der Waals surface area contributed by atoms with E-state index in [1.165, 1.54) is 17.7 Å². The van der Waals surface area contributed by atoms with Crippen molar-refractivity contribution in [3.8, 4) is 12.8 Å². The number of nitrogens with one attached hydrogen (secondary N) is 1. The second kappa shape index (κ2) is 23.9. The fourth-order valence-corrected chi connectivity index (χ4v) is 5.32. The number of terminal acetylenes is 1. The molecule has 2 atom stereocenters. The molecule has 1 fully saturated rings. The minimum atomic E-state index is -0.448. The van der Waals surface area contributed by atoms with E-state index in [9.17, 15) is 4.39 Å². The van der Waals surface area contributed by atoms with E-state index in [1.807, 2.05) is 45.9 Å². The van der Waals surface area contributed by atoms with Crippen LogP contribution in [-0.4, -0.2) is 60.3 Å². The molecule has 2 rings (SSSR count). The molecule has 1 aliphatic heterocycles. The van der Waals surface area contributed by atoms with Gasteiger partial charge in [-0.3, -0.25) is 0 Å². The van der Waals surface area contributed by atoms with Crippen LogP contribution in [0, 0.1) is 24.7 Å². The molecule has 46 heavy (non-hydrogen) atoms. The lowest BCUT2D eigenvalue weighted by atomic mass is 9.73. The van der Waals surface area contributed by atoms with Gasteiger partial charge in [0, 0.05) is 35.3 Å². The van der Waals surface area contributed by atoms with E-state index in [0.717, 1.165) is 57.5 Å². The summed E-state index contributed by atoms with van der Waals surface area (Å²) in [6, 6.07) is 0. The van der Waals surface area contributed by atoms with Gasteiger partial charge in [-0.2, -0.15) is 0 Å². The number of piperidine rings is 1. The Morgan fingerprint density at radius 1 is 1.24 bits per heavy atom. The van der Waals surface area contributed by atoms with Crippen LogP contribution < -0.4 is 11.1 Å². The van der Waals surface area contributed by atoms with Crippen molar-refractivity contribution in [1.29, 1.82) is 0 Å². The van der Waals surface area contributed by atoms with Crippen molar-refractivity contribution >= 4 is 45.5 Å². The first-order valence-electron chi connectivity index (χ1n) is 16.0. The molecule has 7 nitrogen and oxygen atoms in total. The minimum Gasteiger partial charge on any atom is -0.501 e. The monoisotopic (exact) mass is 725 g/mol. The highest BCUT2D eigenvalue weighted by Gasteiger charge is 2.39. The SMILES string of the molecule is C#C.C/C=C(\C)Br.CCCC1(N)CN(CC(C)C)CCC1CCCO/C(C)=C/c1ncnc(NC/C(F)=C(\C)Cl)c1/C=C(\C)OC. The summed E-state index contributed by atoms with van der Waals surface area (Å²) in [5.41, 5.74) is 8.20. The maximum atomic E-state index is 14.0. The molecule has 1 saturated heterocycles. The van der Waals surface area contributed by atoms with Crippen molar-refractivity contribution in [2.24, 2.45) is 17.6 Å². The zero-order valence-electron chi connectivity index (χ0n) is 29.6. The number of halogens is 3. The van der Waals surface area contributed by atoms with Crippen LogP contribution in [0.3, 0.4) is 0 Å². The van der Waals surface area contributed by atoms with Crippen LogP contribution in [0.1, 0.15) is 98.8 Å². The van der Waals surface area contributed by atoms with E-state index in [-0.39, 0.29) is 17.1 Å². The number of hydrogen-bond acceptors (Lipinski definition) is 7. The number of likely N-dealkylation sites (tertiary alicyclic amines) is 1. The topological polar surface area (TPSA) is 85.5 Å². The number of rotatable bonds is 15. The van der Waals surface area contributed by atoms with E-state index < -0.39 is 5.83 Å². The average molecular weight is 727 g/mol. The number of aromatic nitrogens is 2. The molecule has 260 valence electrons. The summed E-state index contributed by atoms with van der Waals surface area (Å²) in [6.07, 6.45) is 20.4. The molecule has 1 aromatic heterocycles. The van der Waals surface area contributed by atoms with E-state index in [2.05, 4.69) is 69.7 Å². The molecular weight excluding hydrogens is 669 g/mol. The van der Waals surface area contributed by atoms with Gasteiger partial charge in [-0.15, -0.1) is 12.8 Å². The Balaban J connectivity index is 0.00000263. The Morgan fingerprint density at radius 3 is 2.43 bits per heavy atom. The molecule has 0 spiro atoms. The van der Waals surface area contributed by atoms with Gasteiger partial charge in [0.2, 0.25) is 0 Å². The van der Waals surface area contributed by atoms with Gasteiger partial charge >= 0.3 is 0 Å². The van der Waals surface area contributed by atoms with Crippen LogP contribution >= 0.6 is 27.5 Å². The largest absolute Gasteiger partial charge is 0.501 e. The highest BCUT2D eigenvalue weighted by Crippen LogP contribution is 2.33. The Labute approximate surface area is 292 Å². The summed E-state index contributed by atoms with van der Waals surface area (Å²) in [5, 5.41) is 3.11. The van der Waals surface area contributed by atoms with Crippen LogP contribution in [0.25, 0.3) is 12.2 Å². The summed E-state index contributed by atoms with van der Waals surface area (Å²) >= 11 is 9.01. The fourth-order valence-electron chi connectivity index (χ4n) is 5.25. The second-order valence-electron chi connectivity index (χ2n) is 12.0. The molecule has 10 heteroatoms. The molecule has 1 aliphatic rings. The molecular formula is C36H58BrClFN5O2. The molecule has 0 amide bonds. The zero-order valence-corrected chi connectivity index (χ0v) is 31.9. The Morgan fingerprint density at radius 2 is 1.89 bits per heavy atom. The zero-order chi connectivity index (χ0) is 35.3. The molecule has 3 N–H and O–H groups in total. The van der Waals surface area contributed by atoms with Crippen molar-refractivity contribution in [1.82, 2.24) is 14.9 Å². The summed E-state index contributed by atoms with van der Waals surface area (Å²) in [5.74, 6) is 2.60. The normalized spacial score (nSPS) is 19.7. The van der Waals surface area contributed by atoms with Gasteiger partial charge in [-0.25, -0.2) is 14.4 Å². The van der Waals surface area contributed by atoms with E-state index >= 15 is 0 Å². The van der Waals surface area contributed by atoms with Crippen LogP contribution in [0.2, 0.25) is 0 Å². The summed E-state index contributed by atoms with van der Waals surface area (Å²) in [4.78, 5) is 11.3. The Bertz CT molecular complexity index is 1180. The van der Waals surface area contributed by atoms with Gasteiger partial charge < -0.3 is 25.4 Å². The van der Waals surface area contributed by atoms with Crippen LogP contribution in [0.5, 0.6) is 0 Å². The second-order valence-corrected chi connectivity index (χ2v) is 13.8. The van der Waals surface area contributed by atoms with E-state index in [0.29, 0.717) is 41.3 Å². The third-order valence-electron chi connectivity index (χ3n) is 7.60. The first kappa shape index (κ1) is 43.6. The number of nitrogens with zero attached hydrogens (tertiary/aromatic N) is 3. The predicted octanol–water partition coefficient (Wildman–Crippen LogP) is 9.52. The minimum absolute atomic E-state index is 0.0745. The van der Waals surface area contributed by atoms with Gasteiger partial charge in [0.05, 0.1) is 37.5 Å². The smallest absolute Gasteiger partial charge is 0.137 e. The number of methoxy groups -OCH3 is 1. The van der Waals surface area contributed by atoms with Gasteiger partial charge in [0.15, 0.2) is 0 Å². The number of anilines is 1. The van der Waals surface area contributed by atoms with Gasteiger partial charge in [0.25, 0.3) is 0 Å². The number of hydrogen-bond donors (Lipinski definition) is 2. The fraction of sp³-hybridized carbons (Fsp3) is 0.611. The number of ether oxygens (including phenoxy) is 2. The molecule has 0 bridgehead atoms. The third-order valence-corrected chi connectivity index (χ3v) is 8.26. The highest BCUT2D eigenvalue weighted by atomic mass is 79.9. The van der Waals surface area contributed by atoms with Gasteiger partial charge in [-0.05, 0) is 89.2 Å².